The molecule has 0 spiro atoms. The lowest BCUT2D eigenvalue weighted by Crippen LogP contribution is -2.32. The van der Waals surface area contributed by atoms with Crippen molar-refractivity contribution in [2.45, 2.75) is 13.8 Å². The number of imide groups is 1. The minimum absolute atomic E-state index is 0.140. The van der Waals surface area contributed by atoms with Gasteiger partial charge in [0.15, 0.2) is 0 Å². The van der Waals surface area contributed by atoms with Crippen molar-refractivity contribution in [1.29, 1.82) is 0 Å². The van der Waals surface area contributed by atoms with Gasteiger partial charge in [-0.2, -0.15) is 0 Å². The molecule has 2 amide bonds. The molecule has 1 aliphatic heterocycles. The first-order valence-electron chi connectivity index (χ1n) is 8.77. The van der Waals surface area contributed by atoms with E-state index in [1.807, 2.05) is 32.0 Å². The van der Waals surface area contributed by atoms with Gasteiger partial charge in [-0.1, -0.05) is 41.4 Å². The number of anilines is 1. The molecule has 1 aliphatic rings. The molecule has 0 aliphatic carbocycles. The molecule has 2 aromatic rings. The quantitative estimate of drug-likeness (QED) is 0.582. The van der Waals surface area contributed by atoms with Crippen molar-refractivity contribution in [3.8, 4) is 5.75 Å². The summed E-state index contributed by atoms with van der Waals surface area (Å²) in [5, 5.41) is 3.49. The smallest absolute Gasteiger partial charge is 0.278 e. The summed E-state index contributed by atoms with van der Waals surface area (Å²) in [6.07, 6.45) is 1.53. The highest BCUT2D eigenvalue weighted by Gasteiger charge is 2.39. The van der Waals surface area contributed by atoms with Gasteiger partial charge in [-0.25, -0.2) is 0 Å². The van der Waals surface area contributed by atoms with Crippen molar-refractivity contribution >= 4 is 34.7 Å². The summed E-state index contributed by atoms with van der Waals surface area (Å²) in [7, 11) is 1.53. The molecule has 0 fully saturated rings. The Bertz CT molecular complexity index is 1010. The number of carbonyl (C=O) groups excluding carboxylic acids is 2. The number of hydrogen-bond donors (Lipinski definition) is 1. The summed E-state index contributed by atoms with van der Waals surface area (Å²) in [6.45, 7) is 7.69. The molecule has 28 heavy (non-hydrogen) atoms. The van der Waals surface area contributed by atoms with Crippen molar-refractivity contribution < 1.29 is 14.3 Å². The monoisotopic (exact) mass is 396 g/mol. The van der Waals surface area contributed by atoms with Crippen LogP contribution in [-0.2, 0) is 9.59 Å². The van der Waals surface area contributed by atoms with Crippen LogP contribution in [0.5, 0.6) is 5.75 Å². The number of halogens is 1. The number of nitrogens with one attached hydrogen (secondary N) is 1. The van der Waals surface area contributed by atoms with Crippen molar-refractivity contribution in [2.75, 3.05) is 19.0 Å². The molecular weight excluding hydrogens is 376 g/mol. The summed E-state index contributed by atoms with van der Waals surface area (Å²) in [5.74, 6) is -0.219. The third-order valence-corrected chi connectivity index (χ3v) is 4.85. The van der Waals surface area contributed by atoms with E-state index < -0.39 is 5.91 Å². The predicted molar refractivity (Wildman–Crippen MR) is 111 cm³/mol. The highest BCUT2D eigenvalue weighted by atomic mass is 35.5. The Morgan fingerprint density at radius 3 is 2.50 bits per heavy atom. The standard InChI is InChI=1S/C22H21ClN2O3/c1-5-10-25-21(26)19(16-8-6-13(2)11-14(16)3)20(22(25)27)24-15-7-9-18(28-4)17(23)12-15/h5-9,11-12,24H,1,10H2,2-4H3. The Kier molecular flexibility index (Phi) is 5.56. The maximum atomic E-state index is 13.0. The second-order valence-electron chi connectivity index (χ2n) is 6.55. The largest absolute Gasteiger partial charge is 0.495 e. The van der Waals surface area contributed by atoms with E-state index >= 15 is 0 Å². The van der Waals surface area contributed by atoms with E-state index in [1.165, 1.54) is 18.1 Å². The molecule has 0 radical (unpaired) electrons. The fourth-order valence-corrected chi connectivity index (χ4v) is 3.48. The number of nitrogens with zero attached hydrogens (tertiary/aromatic N) is 1. The Morgan fingerprint density at radius 1 is 1.14 bits per heavy atom. The van der Waals surface area contributed by atoms with Crippen LogP contribution in [0.1, 0.15) is 16.7 Å². The minimum atomic E-state index is -0.396. The SMILES string of the molecule is C=CCN1C(=O)C(Nc2ccc(OC)c(Cl)c2)=C(c2ccc(C)cc2C)C1=O. The van der Waals surface area contributed by atoms with Crippen LogP contribution in [0.2, 0.25) is 5.02 Å². The van der Waals surface area contributed by atoms with Crippen molar-refractivity contribution in [1.82, 2.24) is 4.90 Å². The number of aryl methyl sites for hydroxylation is 2. The van der Waals surface area contributed by atoms with Crippen molar-refractivity contribution in [3.63, 3.8) is 0 Å². The molecule has 0 aromatic heterocycles. The van der Waals surface area contributed by atoms with E-state index in [-0.39, 0.29) is 18.1 Å². The van der Waals surface area contributed by atoms with Crippen molar-refractivity contribution in [3.05, 3.63) is 76.5 Å². The summed E-state index contributed by atoms with van der Waals surface area (Å²) >= 11 is 6.20. The fraction of sp³-hybridized carbons (Fsp3) is 0.182. The lowest BCUT2D eigenvalue weighted by molar-refractivity contribution is -0.136. The summed E-state index contributed by atoms with van der Waals surface area (Å²) < 4.78 is 5.16. The Labute approximate surface area is 169 Å². The highest BCUT2D eigenvalue weighted by Crippen LogP contribution is 2.34. The van der Waals surface area contributed by atoms with Gasteiger partial charge in [0, 0.05) is 12.2 Å². The zero-order valence-electron chi connectivity index (χ0n) is 16.0. The molecule has 1 heterocycles. The molecule has 0 saturated heterocycles. The zero-order chi connectivity index (χ0) is 20.4. The average Bonchev–Trinajstić information content (AvgIpc) is 2.87. The number of carbonyl (C=O) groups is 2. The molecule has 0 atom stereocenters. The second kappa shape index (κ2) is 7.90. The van der Waals surface area contributed by atoms with Gasteiger partial charge < -0.3 is 10.1 Å². The molecule has 0 unspecified atom stereocenters. The van der Waals surface area contributed by atoms with Crippen LogP contribution in [0.3, 0.4) is 0 Å². The molecule has 2 aromatic carbocycles. The first kappa shape index (κ1) is 19.7. The molecule has 0 saturated carbocycles. The number of ether oxygens (including phenoxy) is 1. The minimum Gasteiger partial charge on any atom is -0.495 e. The fourth-order valence-electron chi connectivity index (χ4n) is 3.22. The van der Waals surface area contributed by atoms with E-state index in [0.717, 1.165) is 16.7 Å². The van der Waals surface area contributed by atoms with E-state index in [4.69, 9.17) is 16.3 Å². The maximum Gasteiger partial charge on any atom is 0.278 e. The summed E-state index contributed by atoms with van der Waals surface area (Å²) in [4.78, 5) is 27.2. The highest BCUT2D eigenvalue weighted by molar-refractivity contribution is 6.37. The Hall–Kier alpha value is -3.05. The number of amides is 2. The molecule has 1 N–H and O–H groups in total. The number of hydrogen-bond acceptors (Lipinski definition) is 4. The van der Waals surface area contributed by atoms with Crippen LogP contribution in [0, 0.1) is 13.8 Å². The molecule has 6 heteroatoms. The summed E-state index contributed by atoms with van der Waals surface area (Å²) in [5.41, 5.74) is 3.88. The lowest BCUT2D eigenvalue weighted by atomic mass is 9.97. The average molecular weight is 397 g/mol. The third kappa shape index (κ3) is 3.53. The number of methoxy groups -OCH3 is 1. The van der Waals surface area contributed by atoms with E-state index in [1.54, 1.807) is 18.2 Å². The number of benzene rings is 2. The van der Waals surface area contributed by atoms with Crippen LogP contribution in [0.15, 0.2) is 54.8 Å². The van der Waals surface area contributed by atoms with Gasteiger partial charge in [0.2, 0.25) is 0 Å². The van der Waals surface area contributed by atoms with Crippen LogP contribution < -0.4 is 10.1 Å². The normalized spacial score (nSPS) is 13.9. The van der Waals surface area contributed by atoms with Gasteiger partial charge in [-0.15, -0.1) is 6.58 Å². The molecule has 3 rings (SSSR count). The van der Waals surface area contributed by atoms with Crippen LogP contribution in [-0.4, -0.2) is 30.4 Å². The van der Waals surface area contributed by atoms with E-state index in [9.17, 15) is 9.59 Å². The van der Waals surface area contributed by atoms with Crippen LogP contribution in [0.25, 0.3) is 5.57 Å². The van der Waals surface area contributed by atoms with Gasteiger partial charge in [-0.05, 0) is 43.2 Å². The first-order valence-corrected chi connectivity index (χ1v) is 9.14. The predicted octanol–water partition coefficient (Wildman–Crippen LogP) is 4.34. The second-order valence-corrected chi connectivity index (χ2v) is 6.96. The Morgan fingerprint density at radius 2 is 1.89 bits per heavy atom. The molecule has 0 bridgehead atoms. The van der Waals surface area contributed by atoms with Crippen molar-refractivity contribution in [2.24, 2.45) is 0 Å². The van der Waals surface area contributed by atoms with E-state index in [0.29, 0.717) is 22.0 Å². The lowest BCUT2D eigenvalue weighted by Gasteiger charge is -2.13. The van der Waals surface area contributed by atoms with Gasteiger partial charge in [0.1, 0.15) is 11.4 Å². The first-order chi connectivity index (χ1) is 13.4. The van der Waals surface area contributed by atoms with Gasteiger partial charge >= 0.3 is 0 Å². The number of rotatable bonds is 6. The summed E-state index contributed by atoms with van der Waals surface area (Å²) in [6, 6.07) is 10.9. The van der Waals surface area contributed by atoms with Gasteiger partial charge in [-0.3, -0.25) is 14.5 Å². The molecular formula is C22H21ClN2O3. The van der Waals surface area contributed by atoms with Crippen LogP contribution >= 0.6 is 11.6 Å². The Balaban J connectivity index is 2.11. The third-order valence-electron chi connectivity index (χ3n) is 4.55. The van der Waals surface area contributed by atoms with Gasteiger partial charge in [0.05, 0.1) is 17.7 Å². The molecule has 5 nitrogen and oxygen atoms in total. The van der Waals surface area contributed by atoms with Crippen LogP contribution in [0.4, 0.5) is 5.69 Å². The molecule has 144 valence electrons. The maximum absolute atomic E-state index is 13.0. The zero-order valence-corrected chi connectivity index (χ0v) is 16.8. The topological polar surface area (TPSA) is 58.6 Å². The van der Waals surface area contributed by atoms with E-state index in [2.05, 4.69) is 11.9 Å². The van der Waals surface area contributed by atoms with Gasteiger partial charge in [0.25, 0.3) is 11.8 Å².